The van der Waals surface area contributed by atoms with E-state index in [1.807, 2.05) is 37.3 Å². The standard InChI is InChI=1S/C20H22N4O2/c1-14-4-8-17(9-5-14)22-19(25)13-24(3)15(2)20(26)23-18-10-6-16(12-21)7-11-18/h4-11,15H,13H2,1-3H3,(H,22,25)(H,23,26)/p+1/t15-/m0/s1. The van der Waals surface area contributed by atoms with E-state index < -0.39 is 6.04 Å². The molecule has 0 bridgehead atoms. The van der Waals surface area contributed by atoms with Crippen LogP contribution in [0.3, 0.4) is 0 Å². The van der Waals surface area contributed by atoms with Crippen LogP contribution in [0.25, 0.3) is 0 Å². The highest BCUT2D eigenvalue weighted by molar-refractivity contribution is 5.94. The average Bonchev–Trinajstić information content (AvgIpc) is 2.63. The van der Waals surface area contributed by atoms with Gasteiger partial charge in [-0.2, -0.15) is 5.26 Å². The number of benzene rings is 2. The van der Waals surface area contributed by atoms with Gasteiger partial charge in [-0.15, -0.1) is 0 Å². The second kappa shape index (κ2) is 8.79. The summed E-state index contributed by atoms with van der Waals surface area (Å²) >= 11 is 0. The van der Waals surface area contributed by atoms with Crippen LogP contribution in [0.5, 0.6) is 0 Å². The number of likely N-dealkylation sites (N-methyl/N-ethyl adjacent to an activating group) is 1. The van der Waals surface area contributed by atoms with Gasteiger partial charge in [-0.3, -0.25) is 9.59 Å². The molecular formula is C20H23N4O2+. The first kappa shape index (κ1) is 19.2. The Morgan fingerprint density at radius 3 is 2.15 bits per heavy atom. The summed E-state index contributed by atoms with van der Waals surface area (Å²) in [5.41, 5.74) is 3.02. The quantitative estimate of drug-likeness (QED) is 0.734. The lowest BCUT2D eigenvalue weighted by Crippen LogP contribution is -3.14. The number of nitriles is 1. The van der Waals surface area contributed by atoms with E-state index in [1.165, 1.54) is 0 Å². The van der Waals surface area contributed by atoms with E-state index in [0.717, 1.165) is 16.2 Å². The molecular weight excluding hydrogens is 328 g/mol. The topological polar surface area (TPSA) is 86.4 Å². The zero-order valence-corrected chi connectivity index (χ0v) is 15.2. The largest absolute Gasteiger partial charge is 0.321 e. The van der Waals surface area contributed by atoms with Gasteiger partial charge in [0.2, 0.25) is 0 Å². The Morgan fingerprint density at radius 1 is 1.04 bits per heavy atom. The minimum atomic E-state index is -0.408. The third-order valence-electron chi connectivity index (χ3n) is 4.19. The monoisotopic (exact) mass is 351 g/mol. The second-order valence-electron chi connectivity index (χ2n) is 6.34. The number of nitrogens with zero attached hydrogens (tertiary/aromatic N) is 1. The first-order chi connectivity index (χ1) is 12.4. The summed E-state index contributed by atoms with van der Waals surface area (Å²) < 4.78 is 0. The first-order valence-electron chi connectivity index (χ1n) is 8.39. The number of hydrogen-bond donors (Lipinski definition) is 3. The van der Waals surface area contributed by atoms with Crippen molar-refractivity contribution in [3.05, 3.63) is 59.7 Å². The zero-order valence-electron chi connectivity index (χ0n) is 15.2. The smallest absolute Gasteiger partial charge is 0.282 e. The lowest BCUT2D eigenvalue weighted by atomic mass is 10.2. The van der Waals surface area contributed by atoms with E-state index in [2.05, 4.69) is 10.6 Å². The molecule has 2 atom stereocenters. The van der Waals surface area contributed by atoms with Gasteiger partial charge >= 0.3 is 0 Å². The van der Waals surface area contributed by atoms with E-state index in [9.17, 15) is 9.59 Å². The van der Waals surface area contributed by atoms with Crippen LogP contribution < -0.4 is 15.5 Å². The second-order valence-corrected chi connectivity index (χ2v) is 6.34. The number of aryl methyl sites for hydroxylation is 1. The third kappa shape index (κ3) is 5.43. The predicted octanol–water partition coefficient (Wildman–Crippen LogP) is 1.35. The fourth-order valence-corrected chi connectivity index (χ4v) is 2.35. The van der Waals surface area contributed by atoms with Gasteiger partial charge in [-0.1, -0.05) is 17.7 Å². The molecule has 6 nitrogen and oxygen atoms in total. The molecule has 2 rings (SSSR count). The third-order valence-corrected chi connectivity index (χ3v) is 4.19. The maximum Gasteiger partial charge on any atom is 0.282 e. The number of carbonyl (C=O) groups excluding carboxylic acids is 2. The van der Waals surface area contributed by atoms with Crippen LogP contribution in [-0.4, -0.2) is 31.4 Å². The van der Waals surface area contributed by atoms with E-state index in [-0.39, 0.29) is 18.4 Å². The Kier molecular flexibility index (Phi) is 6.48. The summed E-state index contributed by atoms with van der Waals surface area (Å²) in [5, 5.41) is 14.4. The van der Waals surface area contributed by atoms with Gasteiger partial charge in [0.25, 0.3) is 11.8 Å². The molecule has 0 saturated heterocycles. The maximum atomic E-state index is 12.4. The number of rotatable bonds is 6. The van der Waals surface area contributed by atoms with Gasteiger partial charge in [0.1, 0.15) is 0 Å². The highest BCUT2D eigenvalue weighted by atomic mass is 16.2. The molecule has 0 aliphatic carbocycles. The summed E-state index contributed by atoms with van der Waals surface area (Å²) in [5.74, 6) is -0.334. The molecule has 0 fully saturated rings. The highest BCUT2D eigenvalue weighted by Gasteiger charge is 2.24. The maximum absolute atomic E-state index is 12.4. The van der Waals surface area contributed by atoms with Crippen molar-refractivity contribution in [2.75, 3.05) is 24.2 Å². The number of quaternary nitrogens is 1. The predicted molar refractivity (Wildman–Crippen MR) is 101 cm³/mol. The zero-order chi connectivity index (χ0) is 19.1. The fourth-order valence-electron chi connectivity index (χ4n) is 2.35. The Labute approximate surface area is 153 Å². The molecule has 3 N–H and O–H groups in total. The number of anilines is 2. The van der Waals surface area contributed by atoms with Crippen LogP contribution in [0, 0.1) is 18.3 Å². The lowest BCUT2D eigenvalue weighted by molar-refractivity contribution is -0.885. The molecule has 0 heterocycles. The number of amides is 2. The van der Waals surface area contributed by atoms with E-state index in [4.69, 9.17) is 5.26 Å². The van der Waals surface area contributed by atoms with Crippen LogP contribution in [0.2, 0.25) is 0 Å². The lowest BCUT2D eigenvalue weighted by Gasteiger charge is -2.20. The van der Waals surface area contributed by atoms with Crippen molar-refractivity contribution in [2.45, 2.75) is 19.9 Å². The van der Waals surface area contributed by atoms with Gasteiger partial charge in [0.15, 0.2) is 12.6 Å². The van der Waals surface area contributed by atoms with Crippen LogP contribution in [-0.2, 0) is 9.59 Å². The molecule has 2 aromatic rings. The van der Waals surface area contributed by atoms with Gasteiger partial charge in [0, 0.05) is 11.4 Å². The average molecular weight is 351 g/mol. The minimum absolute atomic E-state index is 0.149. The van der Waals surface area contributed by atoms with Crippen molar-refractivity contribution in [3.8, 4) is 6.07 Å². The summed E-state index contributed by atoms with van der Waals surface area (Å²) in [6.45, 7) is 3.93. The molecule has 0 saturated carbocycles. The van der Waals surface area contributed by atoms with Crippen LogP contribution in [0.1, 0.15) is 18.1 Å². The normalized spacial score (nSPS) is 12.5. The van der Waals surface area contributed by atoms with Gasteiger partial charge in [0.05, 0.1) is 18.7 Å². The summed E-state index contributed by atoms with van der Waals surface area (Å²) in [6.07, 6.45) is 0. The molecule has 0 aliphatic heterocycles. The molecule has 2 aromatic carbocycles. The number of hydrogen-bond acceptors (Lipinski definition) is 3. The Bertz CT molecular complexity index is 807. The number of nitrogens with one attached hydrogen (secondary N) is 3. The molecule has 0 aliphatic rings. The molecule has 1 unspecified atom stereocenters. The Hall–Kier alpha value is -3.17. The Morgan fingerprint density at radius 2 is 1.58 bits per heavy atom. The van der Waals surface area contributed by atoms with E-state index in [0.29, 0.717) is 11.3 Å². The fraction of sp³-hybridized carbons (Fsp3) is 0.250. The summed E-state index contributed by atoms with van der Waals surface area (Å²) in [4.78, 5) is 25.3. The summed E-state index contributed by atoms with van der Waals surface area (Å²) in [7, 11) is 1.80. The highest BCUT2D eigenvalue weighted by Crippen LogP contribution is 2.09. The molecule has 26 heavy (non-hydrogen) atoms. The molecule has 134 valence electrons. The van der Waals surface area contributed by atoms with Crippen molar-refractivity contribution < 1.29 is 14.5 Å². The van der Waals surface area contributed by atoms with Crippen molar-refractivity contribution in [1.29, 1.82) is 5.26 Å². The van der Waals surface area contributed by atoms with Gasteiger partial charge in [-0.05, 0) is 50.2 Å². The SMILES string of the molecule is Cc1ccc(NC(=O)C[NH+](C)[C@@H](C)C(=O)Nc2ccc(C#N)cc2)cc1. The molecule has 0 spiro atoms. The molecule has 2 amide bonds. The summed E-state index contributed by atoms with van der Waals surface area (Å²) in [6, 6.07) is 15.8. The minimum Gasteiger partial charge on any atom is -0.321 e. The Balaban J connectivity index is 1.87. The van der Waals surface area contributed by atoms with Crippen LogP contribution in [0.4, 0.5) is 11.4 Å². The van der Waals surface area contributed by atoms with Crippen LogP contribution in [0.15, 0.2) is 48.5 Å². The van der Waals surface area contributed by atoms with E-state index >= 15 is 0 Å². The molecule has 0 aromatic heterocycles. The van der Waals surface area contributed by atoms with Crippen molar-refractivity contribution in [2.24, 2.45) is 0 Å². The number of carbonyl (C=O) groups is 2. The van der Waals surface area contributed by atoms with Crippen molar-refractivity contribution in [1.82, 2.24) is 0 Å². The molecule has 6 heteroatoms. The van der Waals surface area contributed by atoms with Crippen molar-refractivity contribution in [3.63, 3.8) is 0 Å². The first-order valence-corrected chi connectivity index (χ1v) is 8.39. The van der Waals surface area contributed by atoms with Crippen molar-refractivity contribution >= 4 is 23.2 Å². The van der Waals surface area contributed by atoms with E-state index in [1.54, 1.807) is 38.2 Å². The van der Waals surface area contributed by atoms with Crippen LogP contribution >= 0.6 is 0 Å². The van der Waals surface area contributed by atoms with Gasteiger partial charge < -0.3 is 15.5 Å². The van der Waals surface area contributed by atoms with Gasteiger partial charge in [-0.25, -0.2) is 0 Å². The molecule has 0 radical (unpaired) electrons.